The Kier molecular flexibility index (Phi) is 6.28. The lowest BCUT2D eigenvalue weighted by Gasteiger charge is -2.16. The number of likely N-dealkylation sites (N-methyl/N-ethyl adjacent to an activating group) is 1. The minimum absolute atomic E-state index is 0.126. The zero-order chi connectivity index (χ0) is 16.8. The first kappa shape index (κ1) is 17.6. The van der Waals surface area contributed by atoms with Crippen LogP contribution in [0.15, 0.2) is 42.5 Å². The topological polar surface area (TPSA) is 41.6 Å². The molecule has 0 aliphatic heterocycles. The van der Waals surface area contributed by atoms with Crippen molar-refractivity contribution >= 4 is 34.8 Å². The van der Waals surface area contributed by atoms with Gasteiger partial charge in [-0.05, 0) is 42.9 Å². The lowest BCUT2D eigenvalue weighted by Crippen LogP contribution is -2.29. The van der Waals surface area contributed by atoms with Crippen molar-refractivity contribution in [2.45, 2.75) is 6.54 Å². The van der Waals surface area contributed by atoms with Crippen molar-refractivity contribution < 1.29 is 9.53 Å². The van der Waals surface area contributed by atoms with E-state index < -0.39 is 0 Å². The molecule has 2 rings (SSSR count). The molecule has 0 radical (unpaired) electrons. The summed E-state index contributed by atoms with van der Waals surface area (Å²) < 4.78 is 5.13. The first-order chi connectivity index (χ1) is 11.0. The maximum absolute atomic E-state index is 12.1. The van der Waals surface area contributed by atoms with Gasteiger partial charge < -0.3 is 10.1 Å². The number of carbonyl (C=O) groups is 1. The van der Waals surface area contributed by atoms with E-state index in [0.717, 1.165) is 11.3 Å². The van der Waals surface area contributed by atoms with Gasteiger partial charge in [0.1, 0.15) is 5.75 Å². The summed E-state index contributed by atoms with van der Waals surface area (Å²) in [5.74, 6) is 0.686. The number of amides is 1. The molecule has 6 heteroatoms. The van der Waals surface area contributed by atoms with E-state index in [4.69, 9.17) is 27.9 Å². The molecular formula is C17H18Cl2N2O2. The van der Waals surface area contributed by atoms with Gasteiger partial charge in [-0.2, -0.15) is 0 Å². The molecule has 122 valence electrons. The number of halogens is 2. The predicted molar refractivity (Wildman–Crippen MR) is 94.4 cm³/mol. The van der Waals surface area contributed by atoms with Crippen molar-refractivity contribution in [3.8, 4) is 5.75 Å². The summed E-state index contributed by atoms with van der Waals surface area (Å²) in [4.78, 5) is 14.0. The van der Waals surface area contributed by atoms with Crippen LogP contribution in [0.1, 0.15) is 5.56 Å². The molecule has 0 saturated carbocycles. The highest BCUT2D eigenvalue weighted by Crippen LogP contribution is 2.22. The van der Waals surface area contributed by atoms with E-state index in [0.29, 0.717) is 22.3 Å². The number of benzene rings is 2. The van der Waals surface area contributed by atoms with Gasteiger partial charge in [0.2, 0.25) is 5.91 Å². The number of anilines is 1. The Morgan fingerprint density at radius 3 is 2.30 bits per heavy atom. The summed E-state index contributed by atoms with van der Waals surface area (Å²) >= 11 is 11.8. The Labute approximate surface area is 146 Å². The molecule has 4 nitrogen and oxygen atoms in total. The van der Waals surface area contributed by atoms with Crippen molar-refractivity contribution in [3.05, 3.63) is 58.1 Å². The molecule has 0 bridgehead atoms. The van der Waals surface area contributed by atoms with Crippen LogP contribution in [0.25, 0.3) is 0 Å². The van der Waals surface area contributed by atoms with Gasteiger partial charge in [0.15, 0.2) is 0 Å². The molecule has 0 aromatic heterocycles. The highest BCUT2D eigenvalue weighted by Gasteiger charge is 2.09. The van der Waals surface area contributed by atoms with Crippen LogP contribution in [0.2, 0.25) is 10.0 Å². The van der Waals surface area contributed by atoms with Gasteiger partial charge in [0.25, 0.3) is 0 Å². The Balaban J connectivity index is 1.88. The standard InChI is InChI=1S/C17H18Cl2N2O2/c1-21(10-12-3-5-16(23-2)6-4-12)11-17(22)20-15-8-13(18)7-14(19)9-15/h3-9H,10-11H2,1-2H3,(H,20,22). The zero-order valence-electron chi connectivity index (χ0n) is 13.0. The largest absolute Gasteiger partial charge is 0.497 e. The monoisotopic (exact) mass is 352 g/mol. The van der Waals surface area contributed by atoms with Crippen LogP contribution in [0, 0.1) is 0 Å². The molecule has 0 aliphatic carbocycles. The van der Waals surface area contributed by atoms with Gasteiger partial charge in [-0.3, -0.25) is 9.69 Å². The van der Waals surface area contributed by atoms with Crippen molar-refractivity contribution in [2.75, 3.05) is 26.0 Å². The molecule has 1 amide bonds. The Morgan fingerprint density at radius 2 is 1.74 bits per heavy atom. The molecule has 0 unspecified atom stereocenters. The van der Waals surface area contributed by atoms with E-state index in [1.807, 2.05) is 36.2 Å². The van der Waals surface area contributed by atoms with E-state index in [1.165, 1.54) is 0 Å². The molecule has 1 N–H and O–H groups in total. The van der Waals surface area contributed by atoms with Crippen LogP contribution in [-0.2, 0) is 11.3 Å². The number of ether oxygens (including phenoxy) is 1. The Bertz CT molecular complexity index is 655. The van der Waals surface area contributed by atoms with Crippen molar-refractivity contribution in [1.29, 1.82) is 0 Å². The Morgan fingerprint density at radius 1 is 1.13 bits per heavy atom. The van der Waals surface area contributed by atoms with Gasteiger partial charge >= 0.3 is 0 Å². The normalized spacial score (nSPS) is 10.7. The van der Waals surface area contributed by atoms with Crippen LogP contribution in [-0.4, -0.2) is 31.5 Å². The first-order valence-corrected chi connectivity index (χ1v) is 7.79. The number of nitrogens with zero attached hydrogens (tertiary/aromatic N) is 1. The molecule has 0 fully saturated rings. The maximum atomic E-state index is 12.1. The van der Waals surface area contributed by atoms with Gasteiger partial charge in [0, 0.05) is 22.3 Å². The molecule has 0 aliphatic rings. The number of carbonyl (C=O) groups excluding carboxylic acids is 1. The fourth-order valence-electron chi connectivity index (χ4n) is 2.17. The van der Waals surface area contributed by atoms with Crippen LogP contribution < -0.4 is 10.1 Å². The van der Waals surface area contributed by atoms with Gasteiger partial charge in [-0.1, -0.05) is 35.3 Å². The highest BCUT2D eigenvalue weighted by molar-refractivity contribution is 6.35. The first-order valence-electron chi connectivity index (χ1n) is 7.03. The quantitative estimate of drug-likeness (QED) is 0.851. The molecular weight excluding hydrogens is 335 g/mol. The van der Waals surface area contributed by atoms with E-state index in [1.54, 1.807) is 25.3 Å². The summed E-state index contributed by atoms with van der Waals surface area (Å²) in [6.07, 6.45) is 0. The summed E-state index contributed by atoms with van der Waals surface area (Å²) in [5, 5.41) is 3.76. The van der Waals surface area contributed by atoms with Crippen LogP contribution in [0.3, 0.4) is 0 Å². The molecule has 0 heterocycles. The van der Waals surface area contributed by atoms with Crippen LogP contribution in [0.4, 0.5) is 5.69 Å². The second kappa shape index (κ2) is 8.20. The average Bonchev–Trinajstić information content (AvgIpc) is 2.46. The second-order valence-electron chi connectivity index (χ2n) is 5.23. The SMILES string of the molecule is COc1ccc(CN(C)CC(=O)Nc2cc(Cl)cc(Cl)c2)cc1. The second-order valence-corrected chi connectivity index (χ2v) is 6.10. The highest BCUT2D eigenvalue weighted by atomic mass is 35.5. The predicted octanol–water partition coefficient (Wildman–Crippen LogP) is 4.07. The van der Waals surface area contributed by atoms with Crippen molar-refractivity contribution in [3.63, 3.8) is 0 Å². The lowest BCUT2D eigenvalue weighted by molar-refractivity contribution is -0.117. The molecule has 2 aromatic rings. The average molecular weight is 353 g/mol. The fraction of sp³-hybridized carbons (Fsp3) is 0.235. The van der Waals surface area contributed by atoms with Gasteiger partial charge in [-0.25, -0.2) is 0 Å². The summed E-state index contributed by atoms with van der Waals surface area (Å²) in [6.45, 7) is 0.921. The summed E-state index contributed by atoms with van der Waals surface area (Å²) in [6, 6.07) is 12.7. The molecule has 2 aromatic carbocycles. The number of nitrogens with one attached hydrogen (secondary N) is 1. The minimum Gasteiger partial charge on any atom is -0.497 e. The third-order valence-corrected chi connectivity index (χ3v) is 3.61. The van der Waals surface area contributed by atoms with Crippen molar-refractivity contribution in [2.24, 2.45) is 0 Å². The molecule has 0 atom stereocenters. The fourth-order valence-corrected chi connectivity index (χ4v) is 2.70. The number of methoxy groups -OCH3 is 1. The maximum Gasteiger partial charge on any atom is 0.238 e. The van der Waals surface area contributed by atoms with Crippen LogP contribution in [0.5, 0.6) is 5.75 Å². The van der Waals surface area contributed by atoms with E-state index >= 15 is 0 Å². The number of rotatable bonds is 6. The minimum atomic E-state index is -0.126. The van der Waals surface area contributed by atoms with Gasteiger partial charge in [-0.15, -0.1) is 0 Å². The summed E-state index contributed by atoms with van der Waals surface area (Å²) in [7, 11) is 3.52. The third-order valence-electron chi connectivity index (χ3n) is 3.17. The summed E-state index contributed by atoms with van der Waals surface area (Å²) in [5.41, 5.74) is 1.69. The third kappa shape index (κ3) is 5.75. The molecule has 0 spiro atoms. The zero-order valence-corrected chi connectivity index (χ0v) is 14.5. The van der Waals surface area contributed by atoms with Crippen LogP contribution >= 0.6 is 23.2 Å². The Hall–Kier alpha value is -1.75. The molecule has 23 heavy (non-hydrogen) atoms. The number of hydrogen-bond donors (Lipinski definition) is 1. The van der Waals surface area contributed by atoms with E-state index in [9.17, 15) is 4.79 Å². The van der Waals surface area contributed by atoms with Crippen molar-refractivity contribution in [1.82, 2.24) is 4.90 Å². The smallest absolute Gasteiger partial charge is 0.238 e. The van der Waals surface area contributed by atoms with E-state index in [-0.39, 0.29) is 12.5 Å². The lowest BCUT2D eigenvalue weighted by atomic mass is 10.2. The van der Waals surface area contributed by atoms with Gasteiger partial charge in [0.05, 0.1) is 13.7 Å². The van der Waals surface area contributed by atoms with E-state index in [2.05, 4.69) is 5.32 Å². The number of hydrogen-bond acceptors (Lipinski definition) is 3. The molecule has 0 saturated heterocycles.